The fraction of sp³-hybridized carbons (Fsp3) is 0.188. The molecule has 0 aliphatic heterocycles. The van der Waals surface area contributed by atoms with Gasteiger partial charge in [0.15, 0.2) is 0 Å². The van der Waals surface area contributed by atoms with E-state index in [0.29, 0.717) is 11.1 Å². The van der Waals surface area contributed by atoms with Gasteiger partial charge in [-0.1, -0.05) is 85.6 Å². The topological polar surface area (TPSA) is 40.6 Å². The Morgan fingerprint density at radius 1 is 0.472 bits per heavy atom. The molecule has 1 aliphatic rings. The molecule has 5 rings (SSSR count). The van der Waals surface area contributed by atoms with E-state index in [-0.39, 0.29) is 23.9 Å². The van der Waals surface area contributed by atoms with Crippen molar-refractivity contribution < 1.29 is 9.59 Å². The van der Waals surface area contributed by atoms with Crippen molar-refractivity contribution in [3.63, 3.8) is 0 Å². The highest BCUT2D eigenvalue weighted by atomic mass is 16.2. The third kappa shape index (κ3) is 4.94. The van der Waals surface area contributed by atoms with Crippen LogP contribution in [0.4, 0.5) is 11.4 Å². The number of rotatable bonds is 6. The fourth-order valence-electron chi connectivity index (χ4n) is 5.23. The van der Waals surface area contributed by atoms with Gasteiger partial charge in [0.1, 0.15) is 0 Å². The lowest BCUT2D eigenvalue weighted by Crippen LogP contribution is -2.57. The van der Waals surface area contributed by atoms with Crippen LogP contribution in [0.2, 0.25) is 0 Å². The molecule has 2 amide bonds. The molecule has 0 N–H and O–H groups in total. The molecule has 1 saturated carbocycles. The van der Waals surface area contributed by atoms with Crippen LogP contribution in [0.25, 0.3) is 0 Å². The Balaban J connectivity index is 1.61. The van der Waals surface area contributed by atoms with Crippen LogP contribution in [0.15, 0.2) is 121 Å². The van der Waals surface area contributed by atoms with Crippen LogP contribution in [-0.2, 0) is 0 Å². The Hall–Kier alpha value is -4.18. The quantitative estimate of drug-likeness (QED) is 0.302. The Kier molecular flexibility index (Phi) is 7.23. The zero-order chi connectivity index (χ0) is 24.7. The summed E-state index contributed by atoms with van der Waals surface area (Å²) in [5.74, 6) is -0.0854. The molecule has 2 atom stereocenters. The Morgan fingerprint density at radius 3 is 1.11 bits per heavy atom. The first-order chi connectivity index (χ1) is 17.7. The predicted octanol–water partition coefficient (Wildman–Crippen LogP) is 6.99. The number of amides is 2. The van der Waals surface area contributed by atoms with Crippen LogP contribution >= 0.6 is 0 Å². The second-order valence-electron chi connectivity index (χ2n) is 9.17. The van der Waals surface area contributed by atoms with Gasteiger partial charge < -0.3 is 9.80 Å². The lowest BCUT2D eigenvalue weighted by Gasteiger charge is -2.45. The summed E-state index contributed by atoms with van der Waals surface area (Å²) >= 11 is 0. The largest absolute Gasteiger partial charge is 0.303 e. The van der Waals surface area contributed by atoms with Gasteiger partial charge in [-0.15, -0.1) is 0 Å². The predicted molar refractivity (Wildman–Crippen MR) is 145 cm³/mol. The summed E-state index contributed by atoms with van der Waals surface area (Å²) in [6.07, 6.45) is 3.66. The standard InChI is InChI=1S/C32H30N2O2/c35-31(25-15-5-1-6-16-25)33(27-19-9-3-10-20-27)29-23-13-14-24-30(29)34(28-21-11-4-12-22-28)32(36)26-17-7-2-8-18-26/h1-12,15-22,29-30H,13-14,23-24H2. The minimum Gasteiger partial charge on any atom is -0.303 e. The molecule has 2 unspecified atom stereocenters. The number of hydrogen-bond donors (Lipinski definition) is 0. The summed E-state index contributed by atoms with van der Waals surface area (Å²) < 4.78 is 0. The molecular weight excluding hydrogens is 444 g/mol. The van der Waals surface area contributed by atoms with Crippen LogP contribution in [0.3, 0.4) is 0 Å². The number of hydrogen-bond acceptors (Lipinski definition) is 2. The van der Waals surface area contributed by atoms with E-state index in [1.165, 1.54) is 0 Å². The van der Waals surface area contributed by atoms with E-state index >= 15 is 0 Å². The first-order valence-electron chi connectivity index (χ1n) is 12.6. The molecule has 1 fully saturated rings. The summed E-state index contributed by atoms with van der Waals surface area (Å²) in [5, 5.41) is 0. The van der Waals surface area contributed by atoms with Crippen molar-refractivity contribution in [2.45, 2.75) is 37.8 Å². The van der Waals surface area contributed by atoms with Crippen LogP contribution in [0, 0.1) is 0 Å². The zero-order valence-electron chi connectivity index (χ0n) is 20.2. The average molecular weight is 475 g/mol. The van der Waals surface area contributed by atoms with Gasteiger partial charge in [-0.3, -0.25) is 9.59 Å². The number of para-hydroxylation sites is 2. The molecule has 0 saturated heterocycles. The number of carbonyl (C=O) groups excluding carboxylic acids is 2. The van der Waals surface area contributed by atoms with Crippen LogP contribution in [0.5, 0.6) is 0 Å². The first kappa shape index (κ1) is 23.6. The minimum atomic E-state index is -0.165. The SMILES string of the molecule is O=C(c1ccccc1)N(c1ccccc1)C1CCCCC1N(C(=O)c1ccccc1)c1ccccc1. The highest BCUT2D eigenvalue weighted by Crippen LogP contribution is 2.35. The van der Waals surface area contributed by atoms with Crippen molar-refractivity contribution >= 4 is 23.2 Å². The van der Waals surface area contributed by atoms with E-state index in [1.807, 2.05) is 131 Å². The molecule has 4 aromatic carbocycles. The number of benzene rings is 4. The molecular formula is C32H30N2O2. The van der Waals surface area contributed by atoms with Crippen molar-refractivity contribution in [3.05, 3.63) is 132 Å². The smallest absolute Gasteiger partial charge is 0.258 e. The molecule has 4 nitrogen and oxygen atoms in total. The Morgan fingerprint density at radius 2 is 0.778 bits per heavy atom. The highest BCUT2D eigenvalue weighted by molar-refractivity contribution is 6.08. The third-order valence-corrected chi connectivity index (χ3v) is 6.91. The third-order valence-electron chi connectivity index (χ3n) is 6.91. The van der Waals surface area contributed by atoms with Crippen molar-refractivity contribution in [3.8, 4) is 0 Å². The number of nitrogens with zero attached hydrogens (tertiary/aromatic N) is 2. The number of carbonyl (C=O) groups is 2. The van der Waals surface area contributed by atoms with E-state index in [0.717, 1.165) is 37.1 Å². The first-order valence-corrected chi connectivity index (χ1v) is 12.6. The summed E-state index contributed by atoms with van der Waals surface area (Å²) in [6, 6.07) is 38.2. The number of anilines is 2. The molecule has 0 heterocycles. The van der Waals surface area contributed by atoms with Gasteiger partial charge in [-0.25, -0.2) is 0 Å². The van der Waals surface area contributed by atoms with Gasteiger partial charge in [-0.2, -0.15) is 0 Å². The van der Waals surface area contributed by atoms with E-state index in [2.05, 4.69) is 0 Å². The van der Waals surface area contributed by atoms with Gasteiger partial charge in [0.05, 0.1) is 12.1 Å². The van der Waals surface area contributed by atoms with Gasteiger partial charge in [0.2, 0.25) is 0 Å². The van der Waals surface area contributed by atoms with Crippen molar-refractivity contribution in [2.24, 2.45) is 0 Å². The lowest BCUT2D eigenvalue weighted by atomic mass is 9.86. The zero-order valence-corrected chi connectivity index (χ0v) is 20.2. The van der Waals surface area contributed by atoms with Gasteiger partial charge in [0.25, 0.3) is 11.8 Å². The molecule has 0 aromatic heterocycles. The summed E-state index contributed by atoms with van der Waals surface area (Å²) in [6.45, 7) is 0. The monoisotopic (exact) mass is 474 g/mol. The Labute approximate surface area is 212 Å². The maximum Gasteiger partial charge on any atom is 0.258 e. The van der Waals surface area contributed by atoms with Crippen LogP contribution < -0.4 is 9.80 Å². The summed E-state index contributed by atoms with van der Waals surface area (Å²) in [5.41, 5.74) is 2.99. The van der Waals surface area contributed by atoms with Crippen LogP contribution in [0.1, 0.15) is 46.4 Å². The molecule has 180 valence electrons. The molecule has 0 radical (unpaired) electrons. The molecule has 0 spiro atoms. The highest BCUT2D eigenvalue weighted by Gasteiger charge is 2.40. The van der Waals surface area contributed by atoms with Gasteiger partial charge >= 0.3 is 0 Å². The van der Waals surface area contributed by atoms with E-state index in [1.54, 1.807) is 0 Å². The van der Waals surface area contributed by atoms with E-state index < -0.39 is 0 Å². The fourth-order valence-corrected chi connectivity index (χ4v) is 5.23. The van der Waals surface area contributed by atoms with E-state index in [4.69, 9.17) is 0 Å². The maximum atomic E-state index is 14.0. The molecule has 4 aromatic rings. The van der Waals surface area contributed by atoms with Gasteiger partial charge in [0, 0.05) is 22.5 Å². The van der Waals surface area contributed by atoms with Crippen LogP contribution in [-0.4, -0.2) is 23.9 Å². The summed E-state index contributed by atoms with van der Waals surface area (Å²) in [4.78, 5) is 31.9. The normalized spacial score (nSPS) is 17.2. The minimum absolute atomic E-state index is 0.0427. The maximum absolute atomic E-state index is 14.0. The molecule has 1 aliphatic carbocycles. The van der Waals surface area contributed by atoms with E-state index in [9.17, 15) is 9.59 Å². The molecule has 0 bridgehead atoms. The summed E-state index contributed by atoms with van der Waals surface area (Å²) in [7, 11) is 0. The molecule has 4 heteroatoms. The second-order valence-corrected chi connectivity index (χ2v) is 9.17. The lowest BCUT2D eigenvalue weighted by molar-refractivity contribution is 0.0930. The molecule has 36 heavy (non-hydrogen) atoms. The van der Waals surface area contributed by atoms with Crippen molar-refractivity contribution in [2.75, 3.05) is 9.80 Å². The van der Waals surface area contributed by atoms with Gasteiger partial charge in [-0.05, 0) is 61.4 Å². The second kappa shape index (κ2) is 11.0. The van der Waals surface area contributed by atoms with Crippen molar-refractivity contribution in [1.29, 1.82) is 0 Å². The average Bonchev–Trinajstić information content (AvgIpc) is 2.96. The Bertz CT molecular complexity index is 1170. The van der Waals surface area contributed by atoms with Crippen molar-refractivity contribution in [1.82, 2.24) is 0 Å².